The number of carbonyl (C=O) groups is 6. The summed E-state index contributed by atoms with van der Waals surface area (Å²) in [7, 11) is 2.97. The van der Waals surface area contributed by atoms with E-state index in [-0.39, 0.29) is 62.7 Å². The fourth-order valence-electron chi connectivity index (χ4n) is 12.0. The van der Waals surface area contributed by atoms with E-state index in [4.69, 9.17) is 9.47 Å². The number of hydrogen-bond acceptors (Lipinski definition) is 10. The number of halogens is 2. The van der Waals surface area contributed by atoms with Crippen LogP contribution in [0.25, 0.3) is 0 Å². The van der Waals surface area contributed by atoms with Crippen molar-refractivity contribution in [2.45, 2.75) is 181 Å². The molecule has 0 aliphatic carbocycles. The van der Waals surface area contributed by atoms with Gasteiger partial charge in [-0.2, -0.15) is 0 Å². The summed E-state index contributed by atoms with van der Waals surface area (Å²) in [5.41, 5.74) is 3.80. The maximum Gasteiger partial charge on any atom is 0.410 e. The predicted octanol–water partition coefficient (Wildman–Crippen LogP) is 10.7. The molecule has 4 atom stereocenters. The molecule has 0 spiro atoms. The summed E-state index contributed by atoms with van der Waals surface area (Å²) in [6, 6.07) is 26.0. The molecule has 8 rings (SSSR count). The second-order valence-corrected chi connectivity index (χ2v) is 28.1. The molecule has 0 saturated heterocycles. The van der Waals surface area contributed by atoms with Gasteiger partial charge >= 0.3 is 12.2 Å². The number of amides is 6. The maximum absolute atomic E-state index is 15.0. The number of ether oxygens (including phenoxy) is 2. The number of fused-ring (bicyclic) bond motifs is 2. The summed E-state index contributed by atoms with van der Waals surface area (Å²) < 4.78 is 38.8. The maximum atomic E-state index is 15.0. The Hall–Kier alpha value is -9.82. The number of aryl methyl sites for hydroxylation is 2. The number of likely N-dealkylation sites (N-methyl/N-ethyl adjacent to an activating group) is 2. The number of aromatic nitrogens is 2. The number of nitrogens with one attached hydrogen (secondary N) is 4. The molecule has 4 N–H and O–H groups in total. The van der Waals surface area contributed by atoms with Crippen LogP contribution in [0.4, 0.5) is 29.7 Å². The lowest BCUT2D eigenvalue weighted by Gasteiger charge is -2.31. The standard InChI is InChI=1S/C76H88F2N8O10/c1-15-59(83(13)71(93)95-73(3,4)5)67(89)79-57(69(91)85-45-75(9,10)63-61(85)43-53(65(87)81-63)41-51-29-35-55(77)36-30-51)39-33-49-25-21-47(22-26-49)19-17-18-20-48-23-27-50(28-24-48)34-40-58(80-68(90)60(16-2)84(14)72(94)96-74(6,7)8)70(92)86-46-76(11,12)64-62(86)44-54(66(88)82-64)42-52-31-37-56(78)38-32-52/h21-32,35-38,43-44,57-60H,15-16,33-34,39-42,45-46H2,1-14H3,(H,79,89)(H,80,90)(H,81,87)(H,82,88)/t57-,58-,59-,60-/m0/s1. The molecular formula is C76H88F2N8O10. The fraction of sp³-hybridized carbons (Fsp3) is 0.421. The lowest BCUT2D eigenvalue weighted by molar-refractivity contribution is -0.131. The van der Waals surface area contributed by atoms with Crippen molar-refractivity contribution in [1.82, 2.24) is 30.4 Å². The number of hydrogen-bond donors (Lipinski definition) is 4. The van der Waals surface area contributed by atoms with Crippen LogP contribution in [0.3, 0.4) is 0 Å². The summed E-state index contributed by atoms with van der Waals surface area (Å²) in [5, 5.41) is 5.97. The van der Waals surface area contributed by atoms with Crippen molar-refractivity contribution in [3.63, 3.8) is 0 Å². The van der Waals surface area contributed by atoms with Gasteiger partial charge in [0, 0.05) is 84.5 Å². The number of nitrogens with zero attached hydrogens (tertiary/aromatic N) is 4. The van der Waals surface area contributed by atoms with E-state index in [9.17, 15) is 37.5 Å². The van der Waals surface area contributed by atoms with E-state index in [1.54, 1.807) is 102 Å². The minimum atomic E-state index is -1.07. The van der Waals surface area contributed by atoms with E-state index in [2.05, 4.69) is 44.3 Å². The van der Waals surface area contributed by atoms with Crippen LogP contribution in [-0.4, -0.2) is 118 Å². The molecule has 6 aromatic rings. The zero-order valence-electron chi connectivity index (χ0n) is 57.4. The molecule has 0 bridgehead atoms. The van der Waals surface area contributed by atoms with Gasteiger partial charge in [-0.3, -0.25) is 38.6 Å². The highest BCUT2D eigenvalue weighted by molar-refractivity contribution is 6.03. The van der Waals surface area contributed by atoms with Crippen LogP contribution in [0, 0.1) is 35.3 Å². The summed E-state index contributed by atoms with van der Waals surface area (Å²) in [4.78, 5) is 124. The first-order valence-corrected chi connectivity index (χ1v) is 32.5. The van der Waals surface area contributed by atoms with Crippen molar-refractivity contribution in [2.24, 2.45) is 0 Å². The zero-order valence-corrected chi connectivity index (χ0v) is 57.4. The molecule has 20 heteroatoms. The van der Waals surface area contributed by atoms with Crippen LogP contribution >= 0.6 is 0 Å². The molecule has 2 aromatic heterocycles. The first kappa shape index (κ1) is 72.0. The molecule has 96 heavy (non-hydrogen) atoms. The topological polar surface area (TPSA) is 224 Å². The summed E-state index contributed by atoms with van der Waals surface area (Å²) >= 11 is 0. The van der Waals surface area contributed by atoms with Crippen molar-refractivity contribution in [3.05, 3.63) is 197 Å². The Morgan fingerprint density at radius 1 is 0.542 bits per heavy atom. The molecule has 2 aliphatic rings. The minimum absolute atomic E-state index is 0.174. The van der Waals surface area contributed by atoms with Crippen LogP contribution in [0.2, 0.25) is 0 Å². The lowest BCUT2D eigenvalue weighted by Crippen LogP contribution is -2.55. The first-order chi connectivity index (χ1) is 45.1. The quantitative estimate of drug-likeness (QED) is 0.0529. The van der Waals surface area contributed by atoms with E-state index in [1.807, 2.05) is 76.2 Å². The van der Waals surface area contributed by atoms with E-state index >= 15 is 9.59 Å². The fourth-order valence-corrected chi connectivity index (χ4v) is 12.0. The summed E-state index contributed by atoms with van der Waals surface area (Å²) in [5.74, 6) is 9.34. The van der Waals surface area contributed by atoms with Gasteiger partial charge in [0.15, 0.2) is 0 Å². The molecule has 2 aliphatic heterocycles. The third kappa shape index (κ3) is 18.1. The van der Waals surface area contributed by atoms with E-state index < -0.39 is 93.6 Å². The Kier molecular flexibility index (Phi) is 22.4. The van der Waals surface area contributed by atoms with Crippen molar-refractivity contribution in [3.8, 4) is 23.7 Å². The highest BCUT2D eigenvalue weighted by atomic mass is 19.1. The predicted molar refractivity (Wildman–Crippen MR) is 367 cm³/mol. The molecular weight excluding hydrogens is 1220 g/mol. The highest BCUT2D eigenvalue weighted by Gasteiger charge is 2.44. The molecule has 0 saturated carbocycles. The van der Waals surface area contributed by atoms with Crippen molar-refractivity contribution >= 4 is 47.2 Å². The number of aromatic amines is 2. The molecule has 4 aromatic carbocycles. The lowest BCUT2D eigenvalue weighted by atomic mass is 9.91. The van der Waals surface area contributed by atoms with Crippen molar-refractivity contribution < 1.29 is 47.0 Å². The molecule has 6 amide bonds. The van der Waals surface area contributed by atoms with Crippen LogP contribution in [-0.2, 0) is 65.2 Å². The second kappa shape index (κ2) is 29.9. The van der Waals surface area contributed by atoms with Crippen LogP contribution in [0.1, 0.15) is 165 Å². The minimum Gasteiger partial charge on any atom is -0.444 e. The molecule has 18 nitrogen and oxygen atoms in total. The molecule has 506 valence electrons. The summed E-state index contributed by atoms with van der Waals surface area (Å²) in [6.07, 6.45) is 0.540. The largest absolute Gasteiger partial charge is 0.444 e. The Balaban J connectivity index is 0.965. The van der Waals surface area contributed by atoms with Crippen molar-refractivity contribution in [2.75, 3.05) is 37.0 Å². The average molecular weight is 1310 g/mol. The van der Waals surface area contributed by atoms with Crippen LogP contribution in [0.5, 0.6) is 0 Å². The first-order valence-electron chi connectivity index (χ1n) is 32.5. The van der Waals surface area contributed by atoms with Gasteiger partial charge in [-0.05, 0) is 175 Å². The van der Waals surface area contributed by atoms with Crippen LogP contribution < -0.4 is 31.6 Å². The number of rotatable bonds is 20. The molecule has 4 heterocycles. The SMILES string of the molecule is CC[C@@H](C(=O)N[C@@H](CCc1ccc(C#CC#Cc2ccc(CC[C@H](NC(=O)[C@H](CC)N(C)C(=O)OC(C)(C)C)C(=O)N3CC(C)(C)c4[nH]c(=O)c(Cc5ccc(F)cc5)cc43)cc2)cc1)C(=O)N1CC(C)(C)c2[nH]c(=O)c(Cc3ccc(F)cc3)cc21)N(C)C(=O)OC(C)(C)C. The summed E-state index contributed by atoms with van der Waals surface area (Å²) in [6.45, 7) is 22.0. The number of pyridine rings is 2. The van der Waals surface area contributed by atoms with Gasteiger partial charge in [-0.15, -0.1) is 0 Å². The van der Waals surface area contributed by atoms with Gasteiger partial charge in [0.1, 0.15) is 47.0 Å². The third-order valence-corrected chi connectivity index (χ3v) is 17.1. The smallest absolute Gasteiger partial charge is 0.410 e. The van der Waals surface area contributed by atoms with E-state index in [1.165, 1.54) is 48.2 Å². The molecule has 0 fully saturated rings. The van der Waals surface area contributed by atoms with Gasteiger partial charge in [0.25, 0.3) is 11.1 Å². The van der Waals surface area contributed by atoms with E-state index in [0.717, 1.165) is 11.1 Å². The van der Waals surface area contributed by atoms with Gasteiger partial charge in [0.2, 0.25) is 23.6 Å². The Morgan fingerprint density at radius 3 is 1.18 bits per heavy atom. The van der Waals surface area contributed by atoms with Gasteiger partial charge in [-0.25, -0.2) is 18.4 Å². The number of benzene rings is 4. The van der Waals surface area contributed by atoms with Gasteiger partial charge < -0.3 is 39.9 Å². The average Bonchev–Trinajstić information content (AvgIpc) is 1.60. The number of anilines is 2. The number of carbonyl (C=O) groups excluding carboxylic acids is 6. The van der Waals surface area contributed by atoms with Gasteiger partial charge in [-0.1, -0.05) is 102 Å². The second-order valence-electron chi connectivity index (χ2n) is 28.1. The van der Waals surface area contributed by atoms with E-state index in [0.29, 0.717) is 69.0 Å². The van der Waals surface area contributed by atoms with Crippen molar-refractivity contribution in [1.29, 1.82) is 0 Å². The van der Waals surface area contributed by atoms with Gasteiger partial charge in [0.05, 0.1) is 11.4 Å². The number of H-pyrrole nitrogens is 2. The highest BCUT2D eigenvalue weighted by Crippen LogP contribution is 2.41. The normalized spacial score (nSPS) is 14.8. The third-order valence-electron chi connectivity index (χ3n) is 17.1. The Morgan fingerprint density at radius 2 is 0.865 bits per heavy atom. The molecule has 0 radical (unpaired) electrons. The Bertz CT molecular complexity index is 3860. The Labute approximate surface area is 560 Å². The monoisotopic (exact) mass is 1310 g/mol. The van der Waals surface area contributed by atoms with Crippen LogP contribution in [0.15, 0.2) is 119 Å². The zero-order chi connectivity index (χ0) is 70.2. The molecule has 0 unspecified atom stereocenters.